The molecule has 3 atom stereocenters. The number of rotatable bonds is 4. The van der Waals surface area contributed by atoms with E-state index in [-0.39, 0.29) is 0 Å². The second-order valence-corrected chi connectivity index (χ2v) is 6.57. The fourth-order valence-corrected chi connectivity index (χ4v) is 4.00. The third-order valence-corrected chi connectivity index (χ3v) is 5.22. The van der Waals surface area contributed by atoms with Crippen molar-refractivity contribution >= 4 is 0 Å². The lowest BCUT2D eigenvalue weighted by Gasteiger charge is -2.49. The lowest BCUT2D eigenvalue weighted by atomic mass is 9.95. The summed E-state index contributed by atoms with van der Waals surface area (Å²) < 4.78 is 2.00. The molecule has 1 aromatic heterocycles. The van der Waals surface area contributed by atoms with Crippen LogP contribution < -0.4 is 5.73 Å². The summed E-state index contributed by atoms with van der Waals surface area (Å²) in [6.45, 7) is 9.68. The number of piperidine rings is 1. The topological polar surface area (TPSA) is 50.3 Å². The van der Waals surface area contributed by atoms with Crippen molar-refractivity contribution in [1.82, 2.24) is 19.6 Å². The summed E-state index contributed by atoms with van der Waals surface area (Å²) in [6.07, 6.45) is 8.25. The van der Waals surface area contributed by atoms with E-state index in [9.17, 15) is 0 Å². The maximum Gasteiger partial charge on any atom is 0.0538 e. The van der Waals surface area contributed by atoms with Crippen LogP contribution in [0.25, 0.3) is 0 Å². The zero-order valence-corrected chi connectivity index (χ0v) is 13.4. The minimum absolute atomic E-state index is 0.310. The van der Waals surface area contributed by atoms with Gasteiger partial charge in [-0.25, -0.2) is 0 Å². The van der Waals surface area contributed by atoms with Gasteiger partial charge in [0.15, 0.2) is 0 Å². The fraction of sp³-hybridized carbons (Fsp3) is 0.812. The molecule has 118 valence electrons. The van der Waals surface area contributed by atoms with Crippen LogP contribution in [0.5, 0.6) is 0 Å². The first-order valence-electron chi connectivity index (χ1n) is 8.45. The maximum absolute atomic E-state index is 6.12. The lowest BCUT2D eigenvalue weighted by molar-refractivity contribution is -0.00668. The number of hydrogen-bond donors (Lipinski definition) is 1. The monoisotopic (exact) mass is 291 g/mol. The van der Waals surface area contributed by atoms with Crippen molar-refractivity contribution in [3.8, 4) is 0 Å². The van der Waals surface area contributed by atoms with Crippen LogP contribution in [0, 0.1) is 0 Å². The van der Waals surface area contributed by atoms with Crippen molar-refractivity contribution in [2.24, 2.45) is 5.73 Å². The van der Waals surface area contributed by atoms with Gasteiger partial charge in [0, 0.05) is 50.0 Å². The van der Waals surface area contributed by atoms with Crippen LogP contribution in [0.3, 0.4) is 0 Å². The van der Waals surface area contributed by atoms with Gasteiger partial charge in [0.1, 0.15) is 0 Å². The Hall–Kier alpha value is -0.910. The van der Waals surface area contributed by atoms with E-state index in [0.717, 1.165) is 19.1 Å². The summed E-state index contributed by atoms with van der Waals surface area (Å²) >= 11 is 0. The van der Waals surface area contributed by atoms with E-state index in [1.165, 1.54) is 37.9 Å². The molecule has 2 aliphatic rings. The predicted molar refractivity (Wildman–Crippen MR) is 85.1 cm³/mol. The summed E-state index contributed by atoms with van der Waals surface area (Å²) in [5.74, 6) is 0. The summed E-state index contributed by atoms with van der Waals surface area (Å²) in [6, 6.07) is 1.60. The Morgan fingerprint density at radius 2 is 2.24 bits per heavy atom. The van der Waals surface area contributed by atoms with Crippen LogP contribution in [-0.4, -0.2) is 57.8 Å². The Labute approximate surface area is 128 Å². The lowest BCUT2D eigenvalue weighted by Crippen LogP contribution is -2.59. The van der Waals surface area contributed by atoms with E-state index in [1.54, 1.807) is 0 Å². The van der Waals surface area contributed by atoms with E-state index in [1.807, 2.05) is 10.9 Å². The second-order valence-electron chi connectivity index (χ2n) is 6.57. The van der Waals surface area contributed by atoms with E-state index >= 15 is 0 Å². The third kappa shape index (κ3) is 3.00. The van der Waals surface area contributed by atoms with Gasteiger partial charge in [-0.2, -0.15) is 5.10 Å². The second kappa shape index (κ2) is 6.46. The molecule has 2 saturated heterocycles. The van der Waals surface area contributed by atoms with Crippen molar-refractivity contribution in [3.05, 3.63) is 18.0 Å². The van der Waals surface area contributed by atoms with Crippen molar-refractivity contribution in [2.45, 2.75) is 57.8 Å². The number of piperazine rings is 1. The van der Waals surface area contributed by atoms with E-state index in [4.69, 9.17) is 5.73 Å². The molecule has 3 rings (SSSR count). The van der Waals surface area contributed by atoms with Crippen LogP contribution in [0.2, 0.25) is 0 Å². The Kier molecular flexibility index (Phi) is 4.62. The molecule has 0 bridgehead atoms. The van der Waals surface area contributed by atoms with Crippen LogP contribution in [0.4, 0.5) is 0 Å². The maximum atomic E-state index is 6.12. The molecule has 0 aromatic carbocycles. The SMILES string of the molecule is CCn1cc(C(CN)N2CC3CCCCN3CC2C)cn1. The van der Waals surface area contributed by atoms with Crippen LogP contribution in [-0.2, 0) is 6.54 Å². The minimum Gasteiger partial charge on any atom is -0.329 e. The van der Waals surface area contributed by atoms with Gasteiger partial charge in [-0.1, -0.05) is 6.42 Å². The molecule has 1 aromatic rings. The van der Waals surface area contributed by atoms with Gasteiger partial charge in [0.05, 0.1) is 12.2 Å². The molecule has 5 nitrogen and oxygen atoms in total. The average Bonchev–Trinajstić information content (AvgIpc) is 2.97. The summed E-state index contributed by atoms with van der Waals surface area (Å²) in [7, 11) is 0. The molecule has 5 heteroatoms. The quantitative estimate of drug-likeness (QED) is 0.912. The molecule has 0 spiro atoms. The molecule has 21 heavy (non-hydrogen) atoms. The molecule has 2 aliphatic heterocycles. The highest BCUT2D eigenvalue weighted by molar-refractivity contribution is 5.13. The average molecular weight is 291 g/mol. The van der Waals surface area contributed by atoms with Gasteiger partial charge in [-0.15, -0.1) is 0 Å². The molecule has 2 fully saturated rings. The molecular formula is C16H29N5. The Bertz CT molecular complexity index is 457. The summed E-state index contributed by atoms with van der Waals surface area (Å²) in [4.78, 5) is 5.30. The Morgan fingerprint density at radius 1 is 1.38 bits per heavy atom. The highest BCUT2D eigenvalue weighted by Gasteiger charge is 2.36. The molecule has 0 aliphatic carbocycles. The Balaban J connectivity index is 1.76. The standard InChI is InChI=1S/C16H29N5/c1-3-20-11-14(9-18-20)16(8-17)21-12-15-6-4-5-7-19(15)10-13(21)2/h9,11,13,15-16H,3-8,10,12,17H2,1-2H3. The van der Waals surface area contributed by atoms with Crippen molar-refractivity contribution in [3.63, 3.8) is 0 Å². The Morgan fingerprint density at radius 3 is 2.95 bits per heavy atom. The van der Waals surface area contributed by atoms with Gasteiger partial charge in [-0.3, -0.25) is 14.5 Å². The first-order chi connectivity index (χ1) is 10.2. The van der Waals surface area contributed by atoms with Crippen molar-refractivity contribution < 1.29 is 0 Å². The van der Waals surface area contributed by atoms with E-state index in [0.29, 0.717) is 18.6 Å². The molecule has 3 unspecified atom stereocenters. The van der Waals surface area contributed by atoms with Gasteiger partial charge in [-0.05, 0) is 33.2 Å². The number of nitrogens with two attached hydrogens (primary N) is 1. The highest BCUT2D eigenvalue weighted by Crippen LogP contribution is 2.30. The van der Waals surface area contributed by atoms with Crippen LogP contribution in [0.15, 0.2) is 12.4 Å². The molecule has 0 saturated carbocycles. The number of hydrogen-bond acceptors (Lipinski definition) is 4. The zero-order chi connectivity index (χ0) is 14.8. The largest absolute Gasteiger partial charge is 0.329 e. The molecule has 0 amide bonds. The molecular weight excluding hydrogens is 262 g/mol. The summed E-state index contributed by atoms with van der Waals surface area (Å²) in [5, 5.41) is 4.43. The number of nitrogens with zero attached hydrogens (tertiary/aromatic N) is 4. The van der Waals surface area contributed by atoms with Gasteiger partial charge in [0.2, 0.25) is 0 Å². The first-order valence-corrected chi connectivity index (χ1v) is 8.45. The van der Waals surface area contributed by atoms with E-state index < -0.39 is 0 Å². The third-order valence-electron chi connectivity index (χ3n) is 5.22. The highest BCUT2D eigenvalue weighted by atomic mass is 15.3. The smallest absolute Gasteiger partial charge is 0.0538 e. The van der Waals surface area contributed by atoms with Gasteiger partial charge < -0.3 is 5.73 Å². The number of fused-ring (bicyclic) bond motifs is 1. The van der Waals surface area contributed by atoms with Gasteiger partial charge >= 0.3 is 0 Å². The molecule has 3 heterocycles. The normalized spacial score (nSPS) is 29.3. The van der Waals surface area contributed by atoms with Crippen molar-refractivity contribution in [1.29, 1.82) is 0 Å². The summed E-state index contributed by atoms with van der Waals surface area (Å²) in [5.41, 5.74) is 7.40. The fourth-order valence-electron chi connectivity index (χ4n) is 4.00. The predicted octanol–water partition coefficient (Wildman–Crippen LogP) is 1.46. The molecule has 2 N–H and O–H groups in total. The minimum atomic E-state index is 0.310. The first kappa shape index (κ1) is 15.0. The zero-order valence-electron chi connectivity index (χ0n) is 13.4. The van der Waals surface area contributed by atoms with Crippen molar-refractivity contribution in [2.75, 3.05) is 26.2 Å². The number of aromatic nitrogens is 2. The van der Waals surface area contributed by atoms with Crippen LogP contribution >= 0.6 is 0 Å². The number of aryl methyl sites for hydroxylation is 1. The molecule has 0 radical (unpaired) electrons. The van der Waals surface area contributed by atoms with Gasteiger partial charge in [0.25, 0.3) is 0 Å². The van der Waals surface area contributed by atoms with Crippen LogP contribution in [0.1, 0.15) is 44.7 Å². The van der Waals surface area contributed by atoms with E-state index in [2.05, 4.69) is 34.9 Å².